The van der Waals surface area contributed by atoms with E-state index in [1.807, 2.05) is 0 Å². The van der Waals surface area contributed by atoms with E-state index in [1.54, 1.807) is 0 Å². The van der Waals surface area contributed by atoms with Crippen LogP contribution >= 0.6 is 0 Å². The molecule has 20 heavy (non-hydrogen) atoms. The highest BCUT2D eigenvalue weighted by Gasteiger charge is 1.98. The topological polar surface area (TPSA) is 113 Å². The van der Waals surface area contributed by atoms with Crippen LogP contribution in [0.2, 0.25) is 0 Å². The van der Waals surface area contributed by atoms with Crippen LogP contribution in [0.15, 0.2) is 0 Å². The second-order valence-electron chi connectivity index (χ2n) is 3.76. The Labute approximate surface area is 119 Å². The third kappa shape index (κ3) is 15.7. The number of hydrogen-bond donors (Lipinski definition) is 3. The van der Waals surface area contributed by atoms with Crippen LogP contribution in [-0.2, 0) is 23.7 Å². The van der Waals surface area contributed by atoms with Gasteiger partial charge in [0.2, 0.25) is 0 Å². The first kappa shape index (κ1) is 19.7. The first-order chi connectivity index (χ1) is 9.81. The van der Waals surface area contributed by atoms with Crippen molar-refractivity contribution < 1.29 is 33.9 Å². The smallest absolute Gasteiger partial charge is 0.129 e. The number of aliphatic hydroxyl groups excluding tert-OH is 2. The maximum Gasteiger partial charge on any atom is 0.129 e. The largest absolute Gasteiger partial charge is 0.394 e. The van der Waals surface area contributed by atoms with E-state index in [0.717, 1.165) is 0 Å². The minimum Gasteiger partial charge on any atom is -0.394 e. The summed E-state index contributed by atoms with van der Waals surface area (Å²) >= 11 is 0. The summed E-state index contributed by atoms with van der Waals surface area (Å²) in [7, 11) is 0. The molecule has 0 aliphatic carbocycles. The Bertz CT molecular complexity index is 185. The Morgan fingerprint density at radius 2 is 1.05 bits per heavy atom. The van der Waals surface area contributed by atoms with Crippen LogP contribution in [0.5, 0.6) is 0 Å². The van der Waals surface area contributed by atoms with Gasteiger partial charge in [0, 0.05) is 0 Å². The third-order valence-electron chi connectivity index (χ3n) is 2.09. The van der Waals surface area contributed by atoms with Gasteiger partial charge in [-0.3, -0.25) is 0 Å². The Morgan fingerprint density at radius 1 is 0.650 bits per heavy atom. The molecule has 0 aromatic rings. The lowest BCUT2D eigenvalue weighted by molar-refractivity contribution is -0.0327. The maximum absolute atomic E-state index is 8.60. The fourth-order valence-electron chi connectivity index (χ4n) is 1.14. The molecule has 0 aromatic carbocycles. The van der Waals surface area contributed by atoms with Gasteiger partial charge in [-0.15, -0.1) is 0 Å². The molecule has 1 atom stereocenters. The number of nitrogens with two attached hydrogens (primary N) is 1. The van der Waals surface area contributed by atoms with Crippen molar-refractivity contribution in [1.29, 1.82) is 0 Å². The first-order valence-electron chi connectivity index (χ1n) is 6.71. The third-order valence-corrected chi connectivity index (χ3v) is 2.09. The van der Waals surface area contributed by atoms with Crippen molar-refractivity contribution >= 4 is 0 Å². The molecular weight excluding hydrogens is 270 g/mol. The van der Waals surface area contributed by atoms with Gasteiger partial charge in [0.05, 0.1) is 72.7 Å². The van der Waals surface area contributed by atoms with E-state index in [9.17, 15) is 0 Å². The van der Waals surface area contributed by atoms with E-state index < -0.39 is 6.23 Å². The summed E-state index contributed by atoms with van der Waals surface area (Å²) in [6, 6.07) is 0. The summed E-state index contributed by atoms with van der Waals surface area (Å²) in [5.41, 5.74) is 5.33. The minimum atomic E-state index is -0.645. The summed E-state index contributed by atoms with van der Waals surface area (Å²) in [5, 5.41) is 17.1. The molecule has 1 unspecified atom stereocenters. The average Bonchev–Trinajstić information content (AvgIpc) is 2.47. The lowest BCUT2D eigenvalue weighted by atomic mass is 10.6. The maximum atomic E-state index is 8.60. The van der Waals surface area contributed by atoms with E-state index >= 15 is 0 Å². The molecule has 0 saturated carbocycles. The normalized spacial score (nSPS) is 12.8. The number of ether oxygens (including phenoxy) is 5. The van der Waals surface area contributed by atoms with Gasteiger partial charge in [-0.1, -0.05) is 0 Å². The molecular formula is C12H27NO7. The average molecular weight is 297 g/mol. The van der Waals surface area contributed by atoms with Crippen LogP contribution < -0.4 is 5.73 Å². The van der Waals surface area contributed by atoms with E-state index in [2.05, 4.69) is 0 Å². The van der Waals surface area contributed by atoms with E-state index in [4.69, 9.17) is 39.6 Å². The molecule has 122 valence electrons. The molecule has 8 nitrogen and oxygen atoms in total. The van der Waals surface area contributed by atoms with Gasteiger partial charge in [-0.25, -0.2) is 0 Å². The van der Waals surface area contributed by atoms with Gasteiger partial charge in [0.25, 0.3) is 0 Å². The highest BCUT2D eigenvalue weighted by molar-refractivity contribution is 4.42. The zero-order chi connectivity index (χ0) is 14.9. The first-order valence-corrected chi connectivity index (χ1v) is 6.71. The summed E-state index contributed by atoms with van der Waals surface area (Å²) in [6.45, 7) is 3.83. The van der Waals surface area contributed by atoms with Gasteiger partial charge in [-0.2, -0.15) is 0 Å². The van der Waals surface area contributed by atoms with Crippen LogP contribution in [0, 0.1) is 0 Å². The van der Waals surface area contributed by atoms with Crippen LogP contribution in [-0.4, -0.2) is 89.1 Å². The van der Waals surface area contributed by atoms with Gasteiger partial charge >= 0.3 is 0 Å². The fraction of sp³-hybridized carbons (Fsp3) is 1.00. The van der Waals surface area contributed by atoms with Crippen LogP contribution in [0.3, 0.4) is 0 Å². The van der Waals surface area contributed by atoms with Gasteiger partial charge in [-0.05, 0) is 0 Å². The predicted octanol–water partition coefficient (Wildman–Crippen LogP) is -1.66. The molecule has 0 bridgehead atoms. The van der Waals surface area contributed by atoms with Crippen molar-refractivity contribution in [2.45, 2.75) is 6.23 Å². The molecule has 0 fully saturated rings. The van der Waals surface area contributed by atoms with E-state index in [-0.39, 0.29) is 13.2 Å². The quantitative estimate of drug-likeness (QED) is 0.229. The summed E-state index contributed by atoms with van der Waals surface area (Å²) < 4.78 is 25.8. The Balaban J connectivity index is 2.96. The number of aliphatic hydroxyl groups is 2. The summed E-state index contributed by atoms with van der Waals surface area (Å²) in [6.07, 6.45) is -0.645. The van der Waals surface area contributed by atoms with Crippen molar-refractivity contribution in [2.24, 2.45) is 5.73 Å². The van der Waals surface area contributed by atoms with E-state index in [0.29, 0.717) is 59.5 Å². The SMILES string of the molecule is NC(CO)OCCOCCOCCOCCOCCO. The molecule has 0 heterocycles. The summed E-state index contributed by atoms with van der Waals surface area (Å²) in [5.74, 6) is 0. The molecule has 0 aliphatic heterocycles. The molecule has 0 aromatic heterocycles. The highest BCUT2D eigenvalue weighted by Crippen LogP contribution is 1.85. The van der Waals surface area contributed by atoms with Crippen LogP contribution in [0.4, 0.5) is 0 Å². The highest BCUT2D eigenvalue weighted by atomic mass is 16.6. The molecule has 0 radical (unpaired) electrons. The van der Waals surface area contributed by atoms with Gasteiger partial charge in [0.15, 0.2) is 0 Å². The van der Waals surface area contributed by atoms with Crippen molar-refractivity contribution in [3.63, 3.8) is 0 Å². The number of rotatable bonds is 16. The summed E-state index contributed by atoms with van der Waals surface area (Å²) in [4.78, 5) is 0. The lowest BCUT2D eigenvalue weighted by Gasteiger charge is -2.10. The van der Waals surface area contributed by atoms with Crippen LogP contribution in [0.25, 0.3) is 0 Å². The molecule has 4 N–H and O–H groups in total. The fourth-order valence-corrected chi connectivity index (χ4v) is 1.14. The monoisotopic (exact) mass is 297 g/mol. The molecule has 0 rings (SSSR count). The standard InChI is InChI=1S/C12H27NO7/c13-12(11-15)20-10-9-19-8-7-18-6-5-17-4-3-16-2-1-14/h12,14-15H,1-11,13H2. The Hall–Kier alpha value is -0.320. The van der Waals surface area contributed by atoms with Crippen molar-refractivity contribution in [3.05, 3.63) is 0 Å². The van der Waals surface area contributed by atoms with Crippen molar-refractivity contribution in [3.8, 4) is 0 Å². The minimum absolute atomic E-state index is 0.0279. The molecule has 8 heteroatoms. The second-order valence-corrected chi connectivity index (χ2v) is 3.76. The van der Waals surface area contributed by atoms with Gasteiger partial charge < -0.3 is 39.6 Å². The zero-order valence-corrected chi connectivity index (χ0v) is 11.9. The zero-order valence-electron chi connectivity index (χ0n) is 11.9. The molecule has 0 saturated heterocycles. The lowest BCUT2D eigenvalue weighted by Crippen LogP contribution is -2.29. The van der Waals surface area contributed by atoms with E-state index in [1.165, 1.54) is 0 Å². The second kappa shape index (κ2) is 16.7. The molecule has 0 amide bonds. The van der Waals surface area contributed by atoms with Crippen LogP contribution in [0.1, 0.15) is 0 Å². The molecule has 0 spiro atoms. The molecule has 0 aliphatic rings. The predicted molar refractivity (Wildman–Crippen MR) is 71.4 cm³/mol. The van der Waals surface area contributed by atoms with Gasteiger partial charge in [0.1, 0.15) is 6.23 Å². The van der Waals surface area contributed by atoms with Crippen molar-refractivity contribution in [2.75, 3.05) is 72.7 Å². The Kier molecular flexibility index (Phi) is 16.5. The number of hydrogen-bond acceptors (Lipinski definition) is 8. The van der Waals surface area contributed by atoms with Crippen molar-refractivity contribution in [1.82, 2.24) is 0 Å². The Morgan fingerprint density at radius 3 is 1.45 bits per heavy atom.